The van der Waals surface area contributed by atoms with Crippen LogP contribution >= 0.6 is 27.5 Å². The Morgan fingerprint density at radius 1 is 1.12 bits per heavy atom. The maximum absolute atomic E-state index is 12.6. The van der Waals surface area contributed by atoms with Gasteiger partial charge in [0.2, 0.25) is 5.91 Å². The highest BCUT2D eigenvalue weighted by atomic mass is 79.9. The third-order valence-corrected chi connectivity index (χ3v) is 5.29. The van der Waals surface area contributed by atoms with Crippen LogP contribution in [0.1, 0.15) is 18.4 Å². The molecule has 26 heavy (non-hydrogen) atoms. The molecule has 5 nitrogen and oxygen atoms in total. The zero-order valence-electron chi connectivity index (χ0n) is 14.3. The highest BCUT2D eigenvalue weighted by Crippen LogP contribution is 2.23. The number of carbonyl (C=O) groups excluding carboxylic acids is 2. The number of carbonyl (C=O) groups is 2. The van der Waals surface area contributed by atoms with Crippen LogP contribution in [0.4, 0.5) is 16.2 Å². The molecule has 1 saturated heterocycles. The molecule has 2 aromatic rings. The molecule has 2 N–H and O–H groups in total. The van der Waals surface area contributed by atoms with Gasteiger partial charge in [0.15, 0.2) is 0 Å². The third-order valence-electron chi connectivity index (χ3n) is 4.34. The zero-order valence-corrected chi connectivity index (χ0v) is 16.6. The van der Waals surface area contributed by atoms with Gasteiger partial charge < -0.3 is 15.5 Å². The number of nitrogens with one attached hydrogen (secondary N) is 2. The summed E-state index contributed by atoms with van der Waals surface area (Å²) < 4.78 is 0.940. The van der Waals surface area contributed by atoms with E-state index in [1.165, 1.54) is 0 Å². The minimum atomic E-state index is -0.480. The van der Waals surface area contributed by atoms with Crippen LogP contribution in [0.25, 0.3) is 0 Å². The second kappa shape index (κ2) is 8.10. The molecular formula is C19H19BrClN3O2. The average Bonchev–Trinajstić information content (AvgIpc) is 3.10. The summed E-state index contributed by atoms with van der Waals surface area (Å²) in [5, 5.41) is 6.38. The molecule has 0 aliphatic carbocycles. The van der Waals surface area contributed by atoms with Crippen LogP contribution in [0.2, 0.25) is 5.02 Å². The summed E-state index contributed by atoms with van der Waals surface area (Å²) in [6, 6.07) is 11.9. The van der Waals surface area contributed by atoms with Crippen LogP contribution in [0.3, 0.4) is 0 Å². The standard InChI is InChI=1S/C19H19BrClN3O2/c1-12-11-15(8-9-16(12)21)23-19(26)24-10-2-3-17(24)18(25)22-14-6-4-13(20)5-7-14/h4-9,11,17H,2-3,10H2,1H3,(H,22,25)(H,23,26). The smallest absolute Gasteiger partial charge is 0.322 e. The molecule has 1 aliphatic rings. The number of urea groups is 1. The van der Waals surface area contributed by atoms with Crippen LogP contribution in [-0.4, -0.2) is 29.4 Å². The molecule has 3 amide bonds. The minimum Gasteiger partial charge on any atom is -0.324 e. The second-order valence-electron chi connectivity index (χ2n) is 6.24. The van der Waals surface area contributed by atoms with Crippen molar-refractivity contribution in [3.8, 4) is 0 Å². The van der Waals surface area contributed by atoms with Crippen molar-refractivity contribution in [2.24, 2.45) is 0 Å². The van der Waals surface area contributed by atoms with Crippen LogP contribution in [0, 0.1) is 6.92 Å². The summed E-state index contributed by atoms with van der Waals surface area (Å²) in [5.41, 5.74) is 2.25. The van der Waals surface area contributed by atoms with Gasteiger partial charge in [-0.15, -0.1) is 0 Å². The van der Waals surface area contributed by atoms with Gasteiger partial charge in [0.05, 0.1) is 0 Å². The number of rotatable bonds is 3. The lowest BCUT2D eigenvalue weighted by atomic mass is 10.2. The SMILES string of the molecule is Cc1cc(NC(=O)N2CCCC2C(=O)Nc2ccc(Br)cc2)ccc1Cl. The zero-order chi connectivity index (χ0) is 18.7. The average molecular weight is 437 g/mol. The van der Waals surface area contributed by atoms with E-state index in [1.807, 2.05) is 37.3 Å². The normalized spacial score (nSPS) is 16.4. The van der Waals surface area contributed by atoms with Gasteiger partial charge in [-0.3, -0.25) is 4.79 Å². The maximum atomic E-state index is 12.6. The summed E-state index contributed by atoms with van der Waals surface area (Å²) in [5.74, 6) is -0.174. The van der Waals surface area contributed by atoms with Crippen LogP contribution in [-0.2, 0) is 4.79 Å². The molecule has 1 unspecified atom stereocenters. The first kappa shape index (κ1) is 18.7. The van der Waals surface area contributed by atoms with Crippen molar-refractivity contribution >= 4 is 50.8 Å². The fraction of sp³-hybridized carbons (Fsp3) is 0.263. The summed E-state index contributed by atoms with van der Waals surface area (Å²) in [6.45, 7) is 2.43. The highest BCUT2D eigenvalue weighted by molar-refractivity contribution is 9.10. The van der Waals surface area contributed by atoms with Crippen molar-refractivity contribution in [3.63, 3.8) is 0 Å². The van der Waals surface area contributed by atoms with Crippen LogP contribution in [0.15, 0.2) is 46.9 Å². The number of benzene rings is 2. The van der Waals surface area contributed by atoms with E-state index in [4.69, 9.17) is 11.6 Å². The Bertz CT molecular complexity index is 826. The monoisotopic (exact) mass is 435 g/mol. The van der Waals surface area contributed by atoms with Gasteiger partial charge >= 0.3 is 6.03 Å². The van der Waals surface area contributed by atoms with Crippen LogP contribution < -0.4 is 10.6 Å². The van der Waals surface area contributed by atoms with E-state index in [1.54, 1.807) is 17.0 Å². The van der Waals surface area contributed by atoms with E-state index in [-0.39, 0.29) is 11.9 Å². The minimum absolute atomic E-state index is 0.174. The molecule has 1 heterocycles. The Hall–Kier alpha value is -2.05. The van der Waals surface area contributed by atoms with Crippen molar-refractivity contribution in [1.82, 2.24) is 4.90 Å². The summed E-state index contributed by atoms with van der Waals surface area (Å²) in [4.78, 5) is 26.8. The second-order valence-corrected chi connectivity index (χ2v) is 7.56. The van der Waals surface area contributed by atoms with E-state index in [0.29, 0.717) is 29.4 Å². The van der Waals surface area contributed by atoms with Gasteiger partial charge in [0.25, 0.3) is 0 Å². The molecule has 1 atom stereocenters. The predicted octanol–water partition coefficient (Wildman–Crippen LogP) is 5.05. The highest BCUT2D eigenvalue weighted by Gasteiger charge is 2.34. The van der Waals surface area contributed by atoms with E-state index < -0.39 is 6.04 Å². The largest absolute Gasteiger partial charge is 0.324 e. The number of halogens is 2. The number of nitrogens with zero attached hydrogens (tertiary/aromatic N) is 1. The molecule has 136 valence electrons. The molecule has 2 aromatic carbocycles. The quantitative estimate of drug-likeness (QED) is 0.707. The van der Waals surface area contributed by atoms with Crippen LogP contribution in [0.5, 0.6) is 0 Å². The maximum Gasteiger partial charge on any atom is 0.322 e. The number of amides is 3. The summed E-state index contributed by atoms with van der Waals surface area (Å²) in [6.07, 6.45) is 1.45. The number of anilines is 2. The molecule has 7 heteroatoms. The first-order chi connectivity index (χ1) is 12.4. The van der Waals surface area contributed by atoms with E-state index in [2.05, 4.69) is 26.6 Å². The van der Waals surface area contributed by atoms with Gasteiger partial charge in [0, 0.05) is 27.4 Å². The fourth-order valence-electron chi connectivity index (χ4n) is 2.96. The van der Waals surface area contributed by atoms with Gasteiger partial charge in [-0.05, 0) is 67.8 Å². The van der Waals surface area contributed by atoms with Crippen molar-refractivity contribution in [2.45, 2.75) is 25.8 Å². The number of hydrogen-bond donors (Lipinski definition) is 2. The first-order valence-corrected chi connectivity index (χ1v) is 9.51. The lowest BCUT2D eigenvalue weighted by Crippen LogP contribution is -2.45. The number of hydrogen-bond acceptors (Lipinski definition) is 2. The van der Waals surface area contributed by atoms with E-state index >= 15 is 0 Å². The third kappa shape index (κ3) is 4.37. The van der Waals surface area contributed by atoms with Crippen molar-refractivity contribution in [1.29, 1.82) is 0 Å². The molecule has 1 aliphatic heterocycles. The fourth-order valence-corrected chi connectivity index (χ4v) is 3.34. The van der Waals surface area contributed by atoms with Gasteiger partial charge in [-0.1, -0.05) is 27.5 Å². The Labute approximate surface area is 165 Å². The molecule has 0 aromatic heterocycles. The molecule has 1 fully saturated rings. The number of aryl methyl sites for hydroxylation is 1. The van der Waals surface area contributed by atoms with Gasteiger partial charge in [0.1, 0.15) is 6.04 Å². The predicted molar refractivity (Wildman–Crippen MR) is 108 cm³/mol. The lowest BCUT2D eigenvalue weighted by molar-refractivity contribution is -0.119. The van der Waals surface area contributed by atoms with Crippen molar-refractivity contribution < 1.29 is 9.59 Å². The number of likely N-dealkylation sites (tertiary alicyclic amines) is 1. The Morgan fingerprint density at radius 3 is 2.50 bits per heavy atom. The molecule has 0 radical (unpaired) electrons. The van der Waals surface area contributed by atoms with E-state index in [0.717, 1.165) is 16.5 Å². The Balaban J connectivity index is 1.66. The van der Waals surface area contributed by atoms with Crippen molar-refractivity contribution in [3.05, 3.63) is 57.5 Å². The molecule has 0 saturated carbocycles. The Morgan fingerprint density at radius 2 is 1.81 bits per heavy atom. The summed E-state index contributed by atoms with van der Waals surface area (Å²) in [7, 11) is 0. The Kier molecular flexibility index (Phi) is 5.84. The molecular weight excluding hydrogens is 418 g/mol. The van der Waals surface area contributed by atoms with E-state index in [9.17, 15) is 9.59 Å². The molecule has 3 rings (SSSR count). The lowest BCUT2D eigenvalue weighted by Gasteiger charge is -2.24. The topological polar surface area (TPSA) is 61.4 Å². The first-order valence-electron chi connectivity index (χ1n) is 8.34. The van der Waals surface area contributed by atoms with Crippen molar-refractivity contribution in [2.75, 3.05) is 17.2 Å². The molecule has 0 spiro atoms. The van der Waals surface area contributed by atoms with Gasteiger partial charge in [-0.25, -0.2) is 4.79 Å². The molecule has 0 bridgehead atoms. The summed E-state index contributed by atoms with van der Waals surface area (Å²) >= 11 is 9.38. The van der Waals surface area contributed by atoms with Gasteiger partial charge in [-0.2, -0.15) is 0 Å².